The van der Waals surface area contributed by atoms with E-state index in [1.807, 2.05) is 30.3 Å². The number of benzene rings is 1. The maximum Gasteiger partial charge on any atom is 0.325 e. The standard InChI is InChI=1S/C19H26N4O5/c1-12(19(27)28)22-16(24)11-21-17(25)15-8-5-9-23(15)18(26)14(20)10-13-6-3-2-4-7-13/h2-4,6-7,12,14-15H,5,8-11,20H2,1H3,(H,21,25)(H,22,24)(H,27,28)/t12-,14-,15-/m0/s1. The summed E-state index contributed by atoms with van der Waals surface area (Å²) in [6.07, 6.45) is 1.53. The minimum Gasteiger partial charge on any atom is -0.480 e. The molecule has 1 fully saturated rings. The van der Waals surface area contributed by atoms with E-state index in [9.17, 15) is 19.2 Å². The second kappa shape index (κ2) is 9.84. The quantitative estimate of drug-likeness (QED) is 0.460. The van der Waals surface area contributed by atoms with E-state index < -0.39 is 35.9 Å². The first kappa shape index (κ1) is 21.4. The number of likely N-dealkylation sites (tertiary alicyclic amines) is 1. The molecule has 5 N–H and O–H groups in total. The normalized spacial score (nSPS) is 18.2. The average molecular weight is 390 g/mol. The number of carbonyl (C=O) groups is 4. The first-order valence-corrected chi connectivity index (χ1v) is 9.19. The van der Waals surface area contributed by atoms with Crippen molar-refractivity contribution in [1.82, 2.24) is 15.5 Å². The number of amides is 3. The van der Waals surface area contributed by atoms with E-state index in [0.717, 1.165) is 5.56 Å². The molecule has 0 unspecified atom stereocenters. The Balaban J connectivity index is 1.88. The number of nitrogens with one attached hydrogen (secondary N) is 2. The van der Waals surface area contributed by atoms with Gasteiger partial charge in [-0.25, -0.2) is 0 Å². The van der Waals surface area contributed by atoms with Crippen LogP contribution in [0.1, 0.15) is 25.3 Å². The molecule has 9 heteroatoms. The van der Waals surface area contributed by atoms with Crippen LogP contribution in [0.5, 0.6) is 0 Å². The molecule has 152 valence electrons. The zero-order chi connectivity index (χ0) is 20.7. The molecule has 0 aliphatic carbocycles. The lowest BCUT2D eigenvalue weighted by molar-refractivity contribution is -0.141. The molecule has 0 saturated carbocycles. The Morgan fingerprint density at radius 2 is 1.93 bits per heavy atom. The van der Waals surface area contributed by atoms with Crippen LogP contribution in [0.4, 0.5) is 0 Å². The molecule has 0 bridgehead atoms. The number of carbonyl (C=O) groups excluding carboxylic acids is 3. The molecule has 1 heterocycles. The van der Waals surface area contributed by atoms with E-state index in [1.165, 1.54) is 11.8 Å². The van der Waals surface area contributed by atoms with E-state index >= 15 is 0 Å². The van der Waals surface area contributed by atoms with Crippen molar-refractivity contribution in [1.29, 1.82) is 0 Å². The van der Waals surface area contributed by atoms with Gasteiger partial charge in [-0.1, -0.05) is 30.3 Å². The predicted octanol–water partition coefficient (Wildman–Crippen LogP) is -0.747. The van der Waals surface area contributed by atoms with Gasteiger partial charge in [0.25, 0.3) is 0 Å². The molecule has 1 aliphatic heterocycles. The van der Waals surface area contributed by atoms with Gasteiger partial charge in [0.2, 0.25) is 17.7 Å². The summed E-state index contributed by atoms with van der Waals surface area (Å²) in [5, 5.41) is 13.5. The lowest BCUT2D eigenvalue weighted by Gasteiger charge is -2.26. The van der Waals surface area contributed by atoms with Gasteiger partial charge in [-0.3, -0.25) is 19.2 Å². The van der Waals surface area contributed by atoms with Gasteiger partial charge < -0.3 is 26.4 Å². The van der Waals surface area contributed by atoms with Crippen molar-refractivity contribution in [3.63, 3.8) is 0 Å². The van der Waals surface area contributed by atoms with Crippen molar-refractivity contribution in [2.24, 2.45) is 5.73 Å². The number of nitrogens with zero attached hydrogens (tertiary/aromatic N) is 1. The van der Waals surface area contributed by atoms with Gasteiger partial charge in [0.15, 0.2) is 0 Å². The number of rotatable bonds is 8. The van der Waals surface area contributed by atoms with Crippen LogP contribution in [0.25, 0.3) is 0 Å². The Hall–Kier alpha value is -2.94. The highest BCUT2D eigenvalue weighted by molar-refractivity contribution is 5.93. The molecule has 2 rings (SSSR count). The van der Waals surface area contributed by atoms with Crippen molar-refractivity contribution >= 4 is 23.7 Å². The fraction of sp³-hybridized carbons (Fsp3) is 0.474. The van der Waals surface area contributed by atoms with Crippen LogP contribution in [0.15, 0.2) is 30.3 Å². The molecule has 3 atom stereocenters. The summed E-state index contributed by atoms with van der Waals surface area (Å²) in [5.41, 5.74) is 6.99. The highest BCUT2D eigenvalue weighted by Gasteiger charge is 2.36. The second-order valence-electron chi connectivity index (χ2n) is 6.83. The van der Waals surface area contributed by atoms with Gasteiger partial charge in [0.05, 0.1) is 12.6 Å². The van der Waals surface area contributed by atoms with E-state index in [-0.39, 0.29) is 12.5 Å². The molecule has 9 nitrogen and oxygen atoms in total. The first-order chi connectivity index (χ1) is 13.3. The van der Waals surface area contributed by atoms with Crippen LogP contribution in [0.2, 0.25) is 0 Å². The minimum absolute atomic E-state index is 0.301. The van der Waals surface area contributed by atoms with Crippen molar-refractivity contribution in [3.05, 3.63) is 35.9 Å². The Kier molecular flexibility index (Phi) is 7.51. The van der Waals surface area contributed by atoms with Crippen molar-refractivity contribution in [3.8, 4) is 0 Å². The first-order valence-electron chi connectivity index (χ1n) is 9.19. The zero-order valence-electron chi connectivity index (χ0n) is 15.8. The summed E-state index contributed by atoms with van der Waals surface area (Å²) < 4.78 is 0. The Bertz CT molecular complexity index is 724. The van der Waals surface area contributed by atoms with Gasteiger partial charge in [-0.2, -0.15) is 0 Å². The number of carboxylic acids is 1. The Labute approximate surface area is 163 Å². The lowest BCUT2D eigenvalue weighted by atomic mass is 10.1. The summed E-state index contributed by atoms with van der Waals surface area (Å²) in [4.78, 5) is 49.0. The average Bonchev–Trinajstić information content (AvgIpc) is 3.16. The van der Waals surface area contributed by atoms with Crippen LogP contribution in [0.3, 0.4) is 0 Å². The highest BCUT2D eigenvalue weighted by Crippen LogP contribution is 2.19. The predicted molar refractivity (Wildman–Crippen MR) is 101 cm³/mol. The Morgan fingerprint density at radius 1 is 1.25 bits per heavy atom. The highest BCUT2D eigenvalue weighted by atomic mass is 16.4. The van der Waals surface area contributed by atoms with Crippen LogP contribution < -0.4 is 16.4 Å². The van der Waals surface area contributed by atoms with E-state index in [4.69, 9.17) is 10.8 Å². The smallest absolute Gasteiger partial charge is 0.325 e. The molecule has 1 aromatic carbocycles. The zero-order valence-corrected chi connectivity index (χ0v) is 15.8. The van der Waals surface area contributed by atoms with E-state index in [1.54, 1.807) is 0 Å². The van der Waals surface area contributed by atoms with Gasteiger partial charge >= 0.3 is 5.97 Å². The maximum atomic E-state index is 12.7. The summed E-state index contributed by atoms with van der Waals surface area (Å²) in [6.45, 7) is 1.40. The summed E-state index contributed by atoms with van der Waals surface area (Å²) >= 11 is 0. The lowest BCUT2D eigenvalue weighted by Crippen LogP contribution is -2.53. The van der Waals surface area contributed by atoms with Crippen LogP contribution in [-0.4, -0.2) is 64.9 Å². The van der Waals surface area contributed by atoms with Crippen molar-refractivity contribution in [2.75, 3.05) is 13.1 Å². The number of hydrogen-bond acceptors (Lipinski definition) is 5. The van der Waals surface area contributed by atoms with E-state index in [0.29, 0.717) is 25.8 Å². The molecule has 1 saturated heterocycles. The molecule has 1 aromatic rings. The number of nitrogens with two attached hydrogens (primary N) is 1. The Morgan fingerprint density at radius 3 is 2.57 bits per heavy atom. The molecule has 28 heavy (non-hydrogen) atoms. The summed E-state index contributed by atoms with van der Waals surface area (Å²) in [7, 11) is 0. The SMILES string of the molecule is C[C@H](NC(=O)CNC(=O)[C@@H]1CCCN1C(=O)[C@@H](N)Cc1ccccc1)C(=O)O. The fourth-order valence-corrected chi connectivity index (χ4v) is 3.11. The second-order valence-corrected chi connectivity index (χ2v) is 6.83. The number of carboxylic acid groups (broad SMARTS) is 1. The van der Waals surface area contributed by atoms with Gasteiger partial charge in [-0.15, -0.1) is 0 Å². The minimum atomic E-state index is -1.17. The number of aliphatic carboxylic acids is 1. The molecule has 0 radical (unpaired) electrons. The van der Waals surface area contributed by atoms with E-state index in [2.05, 4.69) is 10.6 Å². The maximum absolute atomic E-state index is 12.7. The van der Waals surface area contributed by atoms with Gasteiger partial charge in [0, 0.05) is 6.54 Å². The summed E-state index contributed by atoms with van der Waals surface area (Å²) in [5.74, 6) is -2.53. The van der Waals surface area contributed by atoms with Crippen LogP contribution in [0, 0.1) is 0 Å². The molecular weight excluding hydrogens is 364 g/mol. The molecule has 3 amide bonds. The van der Waals surface area contributed by atoms with Gasteiger partial charge in [-0.05, 0) is 31.7 Å². The van der Waals surface area contributed by atoms with Gasteiger partial charge in [0.1, 0.15) is 12.1 Å². The molecule has 0 spiro atoms. The van der Waals surface area contributed by atoms with Crippen LogP contribution >= 0.6 is 0 Å². The van der Waals surface area contributed by atoms with Crippen molar-refractivity contribution < 1.29 is 24.3 Å². The largest absolute Gasteiger partial charge is 0.480 e. The molecular formula is C19H26N4O5. The third-order valence-corrected chi connectivity index (χ3v) is 4.63. The van der Waals surface area contributed by atoms with Crippen LogP contribution in [-0.2, 0) is 25.6 Å². The topological polar surface area (TPSA) is 142 Å². The third kappa shape index (κ3) is 5.78. The van der Waals surface area contributed by atoms with Crippen molar-refractivity contribution in [2.45, 2.75) is 44.3 Å². The third-order valence-electron chi connectivity index (χ3n) is 4.63. The molecule has 0 aromatic heterocycles. The monoisotopic (exact) mass is 390 g/mol. The summed E-state index contributed by atoms with van der Waals surface area (Å²) in [6, 6.07) is 6.91. The number of hydrogen-bond donors (Lipinski definition) is 4. The molecule has 1 aliphatic rings. The fourth-order valence-electron chi connectivity index (χ4n) is 3.11.